The Hall–Kier alpha value is -1.35. The summed E-state index contributed by atoms with van der Waals surface area (Å²) in [6.07, 6.45) is 4.68. The molecular formula is C17H23NO2. The molecular weight excluding hydrogens is 250 g/mol. The SMILES string of the molecule is CC1CCCC(O)(CNC(=O)C2Cc3ccccc32)C1. The van der Waals surface area contributed by atoms with Crippen LogP contribution in [-0.4, -0.2) is 23.2 Å². The van der Waals surface area contributed by atoms with Crippen LogP contribution in [0.5, 0.6) is 0 Å². The van der Waals surface area contributed by atoms with Crippen molar-refractivity contribution in [1.29, 1.82) is 0 Å². The molecule has 2 aliphatic rings. The molecule has 1 amide bonds. The van der Waals surface area contributed by atoms with Crippen LogP contribution in [0, 0.1) is 5.92 Å². The van der Waals surface area contributed by atoms with Gasteiger partial charge in [0.05, 0.1) is 11.5 Å². The maximum absolute atomic E-state index is 12.2. The third-order valence-corrected chi connectivity index (χ3v) is 4.83. The molecule has 0 heterocycles. The van der Waals surface area contributed by atoms with Crippen LogP contribution in [0.3, 0.4) is 0 Å². The number of benzene rings is 1. The van der Waals surface area contributed by atoms with Gasteiger partial charge in [-0.25, -0.2) is 0 Å². The summed E-state index contributed by atoms with van der Waals surface area (Å²) in [6, 6.07) is 8.10. The third-order valence-electron chi connectivity index (χ3n) is 4.83. The van der Waals surface area contributed by atoms with Crippen LogP contribution in [0.2, 0.25) is 0 Å². The lowest BCUT2D eigenvalue weighted by atomic mass is 9.76. The van der Waals surface area contributed by atoms with Crippen molar-refractivity contribution in [1.82, 2.24) is 5.32 Å². The maximum atomic E-state index is 12.2. The molecule has 1 fully saturated rings. The van der Waals surface area contributed by atoms with Crippen molar-refractivity contribution in [3.63, 3.8) is 0 Å². The molecule has 0 radical (unpaired) electrons. The van der Waals surface area contributed by atoms with Crippen molar-refractivity contribution in [2.24, 2.45) is 5.92 Å². The van der Waals surface area contributed by atoms with Gasteiger partial charge in [0.25, 0.3) is 0 Å². The van der Waals surface area contributed by atoms with Gasteiger partial charge in [-0.3, -0.25) is 4.79 Å². The van der Waals surface area contributed by atoms with E-state index in [9.17, 15) is 9.90 Å². The van der Waals surface area contributed by atoms with Gasteiger partial charge in [0.1, 0.15) is 0 Å². The Labute approximate surface area is 120 Å². The maximum Gasteiger partial charge on any atom is 0.227 e. The van der Waals surface area contributed by atoms with Crippen molar-refractivity contribution >= 4 is 5.91 Å². The minimum Gasteiger partial charge on any atom is -0.388 e. The standard InChI is InChI=1S/C17H23NO2/c1-12-5-4-8-17(20,10-12)11-18-16(19)15-9-13-6-2-3-7-14(13)15/h2-3,6-7,12,15,20H,4-5,8-11H2,1H3,(H,18,19). The smallest absolute Gasteiger partial charge is 0.227 e. The fraction of sp³-hybridized carbons (Fsp3) is 0.588. The Morgan fingerprint density at radius 2 is 2.25 bits per heavy atom. The van der Waals surface area contributed by atoms with Crippen LogP contribution in [0.15, 0.2) is 24.3 Å². The van der Waals surface area contributed by atoms with Crippen molar-refractivity contribution in [2.45, 2.75) is 50.5 Å². The van der Waals surface area contributed by atoms with E-state index in [1.165, 1.54) is 12.0 Å². The number of aliphatic hydroxyl groups is 1. The van der Waals surface area contributed by atoms with E-state index >= 15 is 0 Å². The van der Waals surface area contributed by atoms with Crippen LogP contribution in [0.25, 0.3) is 0 Å². The highest BCUT2D eigenvalue weighted by Crippen LogP contribution is 2.35. The Kier molecular flexibility index (Phi) is 3.55. The molecule has 108 valence electrons. The fourth-order valence-electron chi connectivity index (χ4n) is 3.66. The van der Waals surface area contributed by atoms with Crippen LogP contribution >= 0.6 is 0 Å². The zero-order valence-electron chi connectivity index (χ0n) is 12.1. The first-order valence-corrected chi connectivity index (χ1v) is 7.65. The van der Waals surface area contributed by atoms with Gasteiger partial charge in [-0.1, -0.05) is 44.0 Å². The van der Waals surface area contributed by atoms with Gasteiger partial charge in [-0.15, -0.1) is 0 Å². The molecule has 1 saturated carbocycles. The summed E-state index contributed by atoms with van der Waals surface area (Å²) in [6.45, 7) is 2.57. The predicted octanol–water partition coefficient (Wildman–Crippen LogP) is 2.38. The second-order valence-corrected chi connectivity index (χ2v) is 6.60. The van der Waals surface area contributed by atoms with E-state index in [4.69, 9.17) is 0 Å². The normalized spacial score (nSPS) is 32.1. The first kappa shape index (κ1) is 13.6. The minimum absolute atomic E-state index is 0.0178. The van der Waals surface area contributed by atoms with E-state index in [-0.39, 0.29) is 11.8 Å². The molecule has 1 aromatic rings. The van der Waals surface area contributed by atoms with Crippen molar-refractivity contribution in [3.8, 4) is 0 Å². The molecule has 2 aliphatic carbocycles. The second kappa shape index (κ2) is 5.21. The topological polar surface area (TPSA) is 49.3 Å². The second-order valence-electron chi connectivity index (χ2n) is 6.60. The Balaban J connectivity index is 1.56. The van der Waals surface area contributed by atoms with Crippen molar-refractivity contribution in [2.75, 3.05) is 6.54 Å². The van der Waals surface area contributed by atoms with Crippen LogP contribution in [-0.2, 0) is 11.2 Å². The quantitative estimate of drug-likeness (QED) is 0.888. The van der Waals surface area contributed by atoms with Gasteiger partial charge in [0, 0.05) is 6.54 Å². The molecule has 3 atom stereocenters. The molecule has 20 heavy (non-hydrogen) atoms. The summed E-state index contributed by atoms with van der Waals surface area (Å²) in [7, 11) is 0. The average Bonchev–Trinajstić information content (AvgIpc) is 2.38. The summed E-state index contributed by atoms with van der Waals surface area (Å²) in [5.41, 5.74) is 1.73. The third kappa shape index (κ3) is 2.59. The Morgan fingerprint density at radius 1 is 1.45 bits per heavy atom. The lowest BCUT2D eigenvalue weighted by Crippen LogP contribution is -2.47. The largest absolute Gasteiger partial charge is 0.388 e. The number of fused-ring (bicyclic) bond motifs is 1. The first-order valence-electron chi connectivity index (χ1n) is 7.65. The van der Waals surface area contributed by atoms with E-state index in [1.807, 2.05) is 18.2 Å². The lowest BCUT2D eigenvalue weighted by molar-refractivity contribution is -0.125. The average molecular weight is 273 g/mol. The molecule has 0 aromatic heterocycles. The van der Waals surface area contributed by atoms with Gasteiger partial charge in [-0.05, 0) is 36.3 Å². The molecule has 3 rings (SSSR count). The molecule has 0 aliphatic heterocycles. The molecule has 3 heteroatoms. The number of hydrogen-bond donors (Lipinski definition) is 2. The highest BCUT2D eigenvalue weighted by atomic mass is 16.3. The molecule has 0 saturated heterocycles. The van der Waals surface area contributed by atoms with E-state index in [0.717, 1.165) is 31.2 Å². The summed E-state index contributed by atoms with van der Waals surface area (Å²) in [4.78, 5) is 12.2. The van der Waals surface area contributed by atoms with Gasteiger partial charge < -0.3 is 10.4 Å². The molecule has 3 unspecified atom stereocenters. The van der Waals surface area contributed by atoms with Gasteiger partial charge in [0.15, 0.2) is 0 Å². The zero-order valence-corrected chi connectivity index (χ0v) is 12.1. The number of amides is 1. The Bertz CT molecular complexity index is 513. The van der Waals surface area contributed by atoms with Crippen LogP contribution < -0.4 is 5.32 Å². The summed E-state index contributed by atoms with van der Waals surface area (Å²) >= 11 is 0. The van der Waals surface area contributed by atoms with Gasteiger partial charge >= 0.3 is 0 Å². The molecule has 0 bridgehead atoms. The van der Waals surface area contributed by atoms with E-state index in [1.54, 1.807) is 0 Å². The van der Waals surface area contributed by atoms with Gasteiger partial charge in [0.2, 0.25) is 5.91 Å². The highest BCUT2D eigenvalue weighted by molar-refractivity contribution is 5.86. The summed E-state index contributed by atoms with van der Waals surface area (Å²) in [5, 5.41) is 13.5. The lowest BCUT2D eigenvalue weighted by Gasteiger charge is -2.36. The number of hydrogen-bond acceptors (Lipinski definition) is 2. The molecule has 3 nitrogen and oxygen atoms in total. The van der Waals surface area contributed by atoms with Crippen LogP contribution in [0.4, 0.5) is 0 Å². The van der Waals surface area contributed by atoms with Crippen molar-refractivity contribution in [3.05, 3.63) is 35.4 Å². The first-order chi connectivity index (χ1) is 9.57. The minimum atomic E-state index is -0.698. The highest BCUT2D eigenvalue weighted by Gasteiger charge is 2.36. The van der Waals surface area contributed by atoms with Gasteiger partial charge in [-0.2, -0.15) is 0 Å². The summed E-state index contributed by atoms with van der Waals surface area (Å²) in [5.74, 6) is 0.598. The Morgan fingerprint density at radius 3 is 3.00 bits per heavy atom. The number of carbonyl (C=O) groups excluding carboxylic acids is 1. The monoisotopic (exact) mass is 273 g/mol. The van der Waals surface area contributed by atoms with E-state index < -0.39 is 5.60 Å². The number of rotatable bonds is 3. The molecule has 0 spiro atoms. The molecule has 2 N–H and O–H groups in total. The van der Waals surface area contributed by atoms with Crippen molar-refractivity contribution < 1.29 is 9.90 Å². The molecule has 1 aromatic carbocycles. The summed E-state index contributed by atoms with van der Waals surface area (Å²) < 4.78 is 0. The predicted molar refractivity (Wildman–Crippen MR) is 78.5 cm³/mol. The van der Waals surface area contributed by atoms with E-state index in [2.05, 4.69) is 18.3 Å². The van der Waals surface area contributed by atoms with Crippen LogP contribution in [0.1, 0.15) is 49.7 Å². The zero-order chi connectivity index (χ0) is 14.2. The van der Waals surface area contributed by atoms with E-state index in [0.29, 0.717) is 12.5 Å². The fourth-order valence-corrected chi connectivity index (χ4v) is 3.66. The number of nitrogens with one attached hydrogen (secondary N) is 1. The number of carbonyl (C=O) groups is 1.